The number of nitrogens with zero attached hydrogens (tertiary/aromatic N) is 1. The number of rotatable bonds is 8. The van der Waals surface area contributed by atoms with Crippen molar-refractivity contribution in [2.45, 2.75) is 44.6 Å². The quantitative estimate of drug-likeness (QED) is 0.212. The molecular weight excluding hydrogens is 558 g/mol. The summed E-state index contributed by atoms with van der Waals surface area (Å²) >= 11 is 0. The summed E-state index contributed by atoms with van der Waals surface area (Å²) in [4.78, 5) is 27.7. The van der Waals surface area contributed by atoms with Gasteiger partial charge in [-0.05, 0) is 59.0 Å². The van der Waals surface area contributed by atoms with Gasteiger partial charge in [0.15, 0.2) is 0 Å². The van der Waals surface area contributed by atoms with Gasteiger partial charge in [0.2, 0.25) is 5.91 Å². The number of para-hydroxylation sites is 1. The molecule has 4 rings (SSSR count). The van der Waals surface area contributed by atoms with Crippen LogP contribution in [0.25, 0.3) is 10.8 Å². The predicted molar refractivity (Wildman–Crippen MR) is 149 cm³/mol. The second-order valence-corrected chi connectivity index (χ2v) is 10.0. The highest BCUT2D eigenvalue weighted by atomic mass is 19.4. The number of fused-ring (bicyclic) bond motifs is 1. The van der Waals surface area contributed by atoms with E-state index in [2.05, 4.69) is 5.32 Å². The van der Waals surface area contributed by atoms with Crippen molar-refractivity contribution >= 4 is 28.3 Å². The van der Waals surface area contributed by atoms with Crippen LogP contribution in [0.5, 0.6) is 0 Å². The van der Waals surface area contributed by atoms with E-state index in [1.165, 1.54) is 7.05 Å². The molecule has 42 heavy (non-hydrogen) atoms. The second kappa shape index (κ2) is 12.3. The lowest BCUT2D eigenvalue weighted by molar-refractivity contribution is -0.143. The first-order chi connectivity index (χ1) is 19.8. The second-order valence-electron chi connectivity index (χ2n) is 10.0. The van der Waals surface area contributed by atoms with Crippen LogP contribution in [-0.4, -0.2) is 29.8 Å². The maximum absolute atomic E-state index is 13.5. The van der Waals surface area contributed by atoms with E-state index >= 15 is 0 Å². The summed E-state index contributed by atoms with van der Waals surface area (Å²) in [6, 6.07) is 20.1. The first kappa shape index (κ1) is 30.6. The monoisotopic (exact) mass is 586 g/mol. The van der Waals surface area contributed by atoms with Crippen molar-refractivity contribution in [1.29, 1.82) is 0 Å². The SMILES string of the molecule is CCc1ccccc1NC(=O)CC(Cc1ccc2ccccc2c1)N(C)C(=O)c1cc(C(F)(F)F)cc(C(F)(F)F)c1. The first-order valence-corrected chi connectivity index (χ1v) is 13.2. The number of amides is 2. The fourth-order valence-corrected chi connectivity index (χ4v) is 4.80. The summed E-state index contributed by atoms with van der Waals surface area (Å²) in [6.07, 6.45) is -9.69. The minimum Gasteiger partial charge on any atom is -0.338 e. The summed E-state index contributed by atoms with van der Waals surface area (Å²) in [7, 11) is 1.27. The molecule has 0 saturated heterocycles. The third-order valence-corrected chi connectivity index (χ3v) is 7.08. The number of benzene rings is 4. The molecule has 0 aliphatic carbocycles. The summed E-state index contributed by atoms with van der Waals surface area (Å²) in [6.45, 7) is 1.92. The zero-order valence-corrected chi connectivity index (χ0v) is 22.8. The van der Waals surface area contributed by atoms with Crippen LogP contribution in [0.3, 0.4) is 0 Å². The van der Waals surface area contributed by atoms with Crippen LogP contribution >= 0.6 is 0 Å². The summed E-state index contributed by atoms with van der Waals surface area (Å²) in [5.41, 5.74) is -1.76. The highest BCUT2D eigenvalue weighted by Gasteiger charge is 2.38. The molecule has 0 fully saturated rings. The number of nitrogens with one attached hydrogen (secondary N) is 1. The molecule has 0 bridgehead atoms. The molecule has 2 amide bonds. The molecule has 0 heterocycles. The van der Waals surface area contributed by atoms with Gasteiger partial charge in [0, 0.05) is 30.8 Å². The van der Waals surface area contributed by atoms with E-state index in [0.29, 0.717) is 24.2 Å². The van der Waals surface area contributed by atoms with Crippen molar-refractivity contribution < 1.29 is 35.9 Å². The van der Waals surface area contributed by atoms with Crippen LogP contribution in [0.15, 0.2) is 84.9 Å². The highest BCUT2D eigenvalue weighted by Crippen LogP contribution is 2.36. The normalized spacial score (nSPS) is 12.7. The van der Waals surface area contributed by atoms with Gasteiger partial charge in [-0.3, -0.25) is 9.59 Å². The van der Waals surface area contributed by atoms with E-state index in [9.17, 15) is 35.9 Å². The number of hydrogen-bond acceptors (Lipinski definition) is 2. The van der Waals surface area contributed by atoms with E-state index in [-0.39, 0.29) is 18.9 Å². The van der Waals surface area contributed by atoms with Crippen molar-refractivity contribution in [3.05, 3.63) is 113 Å². The fraction of sp³-hybridized carbons (Fsp3) is 0.250. The molecule has 220 valence electrons. The maximum Gasteiger partial charge on any atom is 0.416 e. The van der Waals surface area contributed by atoms with Gasteiger partial charge >= 0.3 is 12.4 Å². The third kappa shape index (κ3) is 7.29. The number of hydrogen-bond donors (Lipinski definition) is 1. The standard InChI is InChI=1S/C32H28F6N2O2/c1-3-21-8-6-7-11-28(21)39-29(41)19-27(15-20-12-13-22-9-4-5-10-23(22)14-20)40(2)30(42)24-16-25(31(33,34)35)18-26(17-24)32(36,37)38/h4-14,16-18,27H,3,15,19H2,1-2H3,(H,39,41). The Morgan fingerprint density at radius 2 is 1.38 bits per heavy atom. The molecule has 1 N–H and O–H groups in total. The number of alkyl halides is 6. The Labute approximate surface area is 239 Å². The predicted octanol–water partition coefficient (Wildman–Crippen LogP) is 8.15. The Hall–Kier alpha value is -4.34. The molecule has 0 spiro atoms. The van der Waals surface area contributed by atoms with Crippen molar-refractivity contribution in [2.24, 2.45) is 0 Å². The first-order valence-electron chi connectivity index (χ1n) is 13.2. The minimum absolute atomic E-state index is 0.0258. The molecule has 1 atom stereocenters. The molecule has 0 aliphatic heterocycles. The van der Waals surface area contributed by atoms with Crippen LogP contribution < -0.4 is 5.32 Å². The van der Waals surface area contributed by atoms with E-state index in [1.54, 1.807) is 12.1 Å². The Morgan fingerprint density at radius 3 is 2.00 bits per heavy atom. The zero-order chi connectivity index (χ0) is 30.7. The summed E-state index contributed by atoms with van der Waals surface area (Å²) < 4.78 is 80.8. The average Bonchev–Trinajstić information content (AvgIpc) is 2.95. The number of aryl methyl sites for hydroxylation is 1. The van der Waals surface area contributed by atoms with Gasteiger partial charge < -0.3 is 10.2 Å². The van der Waals surface area contributed by atoms with Crippen LogP contribution in [0.1, 0.15) is 46.0 Å². The van der Waals surface area contributed by atoms with Gasteiger partial charge in [-0.15, -0.1) is 0 Å². The van der Waals surface area contributed by atoms with Crippen molar-refractivity contribution in [3.63, 3.8) is 0 Å². The minimum atomic E-state index is -5.11. The highest BCUT2D eigenvalue weighted by molar-refractivity contribution is 5.96. The molecule has 0 aromatic heterocycles. The molecular formula is C32H28F6N2O2. The van der Waals surface area contributed by atoms with E-state index in [0.717, 1.165) is 26.8 Å². The number of anilines is 1. The van der Waals surface area contributed by atoms with Gasteiger partial charge in [0.25, 0.3) is 5.91 Å². The Bertz CT molecular complexity index is 1560. The van der Waals surface area contributed by atoms with Crippen molar-refractivity contribution in [1.82, 2.24) is 4.90 Å². The van der Waals surface area contributed by atoms with E-state index in [1.807, 2.05) is 61.5 Å². The molecule has 0 aliphatic rings. The van der Waals surface area contributed by atoms with Crippen LogP contribution in [0.4, 0.5) is 32.0 Å². The van der Waals surface area contributed by atoms with Gasteiger partial charge in [0.1, 0.15) is 0 Å². The van der Waals surface area contributed by atoms with Crippen LogP contribution in [-0.2, 0) is 30.0 Å². The molecule has 4 aromatic rings. The van der Waals surface area contributed by atoms with Crippen molar-refractivity contribution in [3.8, 4) is 0 Å². The van der Waals surface area contributed by atoms with E-state index < -0.39 is 46.9 Å². The Morgan fingerprint density at radius 1 is 0.786 bits per heavy atom. The number of carbonyl (C=O) groups excluding carboxylic acids is 2. The van der Waals surface area contributed by atoms with Crippen LogP contribution in [0.2, 0.25) is 0 Å². The lowest BCUT2D eigenvalue weighted by Crippen LogP contribution is -2.41. The van der Waals surface area contributed by atoms with Gasteiger partial charge in [-0.1, -0.05) is 67.6 Å². The molecule has 0 saturated carbocycles. The Balaban J connectivity index is 1.69. The lowest BCUT2D eigenvalue weighted by Gasteiger charge is -2.29. The Kier molecular flexibility index (Phi) is 8.94. The molecule has 4 aromatic carbocycles. The van der Waals surface area contributed by atoms with E-state index in [4.69, 9.17) is 0 Å². The maximum atomic E-state index is 13.5. The number of likely N-dealkylation sites (N-methyl/N-ethyl adjacent to an activating group) is 1. The molecule has 4 nitrogen and oxygen atoms in total. The lowest BCUT2D eigenvalue weighted by atomic mass is 9.97. The summed E-state index contributed by atoms with van der Waals surface area (Å²) in [5, 5.41) is 4.68. The molecule has 1 unspecified atom stereocenters. The number of halogens is 6. The zero-order valence-electron chi connectivity index (χ0n) is 22.8. The molecule has 10 heteroatoms. The third-order valence-electron chi connectivity index (χ3n) is 7.08. The van der Waals surface area contributed by atoms with Gasteiger partial charge in [-0.2, -0.15) is 26.3 Å². The van der Waals surface area contributed by atoms with Gasteiger partial charge in [0.05, 0.1) is 11.1 Å². The smallest absolute Gasteiger partial charge is 0.338 e. The average molecular weight is 587 g/mol. The largest absolute Gasteiger partial charge is 0.416 e. The fourth-order valence-electron chi connectivity index (χ4n) is 4.80. The summed E-state index contributed by atoms with van der Waals surface area (Å²) in [5.74, 6) is -1.53. The van der Waals surface area contributed by atoms with Crippen LogP contribution in [0, 0.1) is 0 Å². The molecule has 0 radical (unpaired) electrons. The topological polar surface area (TPSA) is 49.4 Å². The number of carbonyl (C=O) groups is 2. The van der Waals surface area contributed by atoms with Crippen molar-refractivity contribution in [2.75, 3.05) is 12.4 Å². The van der Waals surface area contributed by atoms with Gasteiger partial charge in [-0.25, -0.2) is 0 Å².